The summed E-state index contributed by atoms with van der Waals surface area (Å²) in [5.41, 5.74) is 2.20. The van der Waals surface area contributed by atoms with Gasteiger partial charge in [-0.15, -0.1) is 11.8 Å². The number of carbonyl (C=O) groups excluding carboxylic acids is 3. The zero-order valence-electron chi connectivity index (χ0n) is 13.8. The van der Waals surface area contributed by atoms with Crippen LogP contribution in [0, 0.1) is 6.92 Å². The van der Waals surface area contributed by atoms with E-state index in [4.69, 9.17) is 0 Å². The van der Waals surface area contributed by atoms with E-state index in [0.29, 0.717) is 11.4 Å². The fourth-order valence-electron chi connectivity index (χ4n) is 2.70. The lowest BCUT2D eigenvalue weighted by Crippen LogP contribution is -2.32. The maximum absolute atomic E-state index is 12.6. The lowest BCUT2D eigenvalue weighted by atomic mass is 10.2. The third-order valence-corrected chi connectivity index (χ3v) is 5.13. The van der Waals surface area contributed by atoms with Crippen LogP contribution in [0.1, 0.15) is 12.0 Å². The number of para-hydroxylation sites is 2. The van der Waals surface area contributed by atoms with Gasteiger partial charge >= 0.3 is 0 Å². The van der Waals surface area contributed by atoms with E-state index in [1.807, 2.05) is 37.3 Å². The predicted molar refractivity (Wildman–Crippen MR) is 99.6 cm³/mol. The molecule has 1 saturated heterocycles. The molecule has 0 radical (unpaired) electrons. The Morgan fingerprint density at radius 3 is 2.52 bits per heavy atom. The molecule has 0 aromatic heterocycles. The summed E-state index contributed by atoms with van der Waals surface area (Å²) < 4.78 is 0. The average molecular weight is 354 g/mol. The summed E-state index contributed by atoms with van der Waals surface area (Å²) in [6, 6.07) is 16.4. The number of nitrogens with one attached hydrogen (secondary N) is 1. The Labute approximate surface area is 150 Å². The molecule has 2 aromatic carbocycles. The molecule has 1 N–H and O–H groups in total. The molecule has 5 nitrogen and oxygen atoms in total. The number of hydrogen-bond donors (Lipinski definition) is 1. The van der Waals surface area contributed by atoms with Crippen LogP contribution in [0.2, 0.25) is 0 Å². The SMILES string of the molecule is Cc1ccccc1N1C(=O)CC(SCC(=O)Nc2ccccc2)C1=O. The number of imide groups is 1. The monoisotopic (exact) mass is 354 g/mol. The van der Waals surface area contributed by atoms with E-state index in [0.717, 1.165) is 5.56 Å². The van der Waals surface area contributed by atoms with Crippen LogP contribution >= 0.6 is 11.8 Å². The number of aryl methyl sites for hydroxylation is 1. The average Bonchev–Trinajstić information content (AvgIpc) is 2.88. The summed E-state index contributed by atoms with van der Waals surface area (Å²) in [4.78, 5) is 38.1. The number of anilines is 2. The number of thioether (sulfide) groups is 1. The Hall–Kier alpha value is -2.60. The van der Waals surface area contributed by atoms with Crippen LogP contribution in [-0.2, 0) is 14.4 Å². The summed E-state index contributed by atoms with van der Waals surface area (Å²) in [7, 11) is 0. The highest BCUT2D eigenvalue weighted by Gasteiger charge is 2.40. The van der Waals surface area contributed by atoms with E-state index in [1.165, 1.54) is 16.7 Å². The third-order valence-electron chi connectivity index (χ3n) is 3.93. The van der Waals surface area contributed by atoms with Crippen molar-refractivity contribution in [2.75, 3.05) is 16.0 Å². The second kappa shape index (κ2) is 7.53. The Bertz CT molecular complexity index is 807. The van der Waals surface area contributed by atoms with Crippen LogP contribution in [0.5, 0.6) is 0 Å². The van der Waals surface area contributed by atoms with Crippen molar-refractivity contribution < 1.29 is 14.4 Å². The molecule has 0 bridgehead atoms. The first-order chi connectivity index (χ1) is 12.1. The Morgan fingerprint density at radius 2 is 1.80 bits per heavy atom. The minimum atomic E-state index is -0.520. The minimum absolute atomic E-state index is 0.121. The summed E-state index contributed by atoms with van der Waals surface area (Å²) >= 11 is 1.20. The summed E-state index contributed by atoms with van der Waals surface area (Å²) in [6.07, 6.45) is 0.121. The molecule has 0 spiro atoms. The number of carbonyl (C=O) groups is 3. The molecular formula is C19H18N2O3S. The van der Waals surface area contributed by atoms with Gasteiger partial charge in [-0.3, -0.25) is 14.4 Å². The van der Waals surface area contributed by atoms with Gasteiger partial charge in [0, 0.05) is 12.1 Å². The van der Waals surface area contributed by atoms with E-state index < -0.39 is 5.25 Å². The largest absolute Gasteiger partial charge is 0.325 e. The van der Waals surface area contributed by atoms with Crippen LogP contribution in [0.15, 0.2) is 54.6 Å². The first-order valence-electron chi connectivity index (χ1n) is 7.95. The Kier molecular flexibility index (Phi) is 5.19. The topological polar surface area (TPSA) is 66.5 Å². The van der Waals surface area contributed by atoms with Gasteiger partial charge in [-0.25, -0.2) is 4.90 Å². The molecule has 128 valence electrons. The van der Waals surface area contributed by atoms with Crippen molar-refractivity contribution in [2.24, 2.45) is 0 Å². The lowest BCUT2D eigenvalue weighted by molar-refractivity contribution is -0.121. The second-order valence-electron chi connectivity index (χ2n) is 5.77. The molecule has 1 aliphatic heterocycles. The maximum Gasteiger partial charge on any atom is 0.247 e. The third kappa shape index (κ3) is 3.91. The zero-order chi connectivity index (χ0) is 17.8. The highest BCUT2D eigenvalue weighted by molar-refractivity contribution is 8.01. The summed E-state index contributed by atoms with van der Waals surface area (Å²) in [6.45, 7) is 1.86. The van der Waals surface area contributed by atoms with Gasteiger partial charge in [-0.2, -0.15) is 0 Å². The number of hydrogen-bond acceptors (Lipinski definition) is 4. The Morgan fingerprint density at radius 1 is 1.12 bits per heavy atom. The fourth-order valence-corrected chi connectivity index (χ4v) is 3.63. The molecule has 25 heavy (non-hydrogen) atoms. The quantitative estimate of drug-likeness (QED) is 0.838. The number of benzene rings is 2. The first-order valence-corrected chi connectivity index (χ1v) is 9.00. The van der Waals surface area contributed by atoms with Crippen LogP contribution in [0.3, 0.4) is 0 Å². The Balaban J connectivity index is 1.61. The van der Waals surface area contributed by atoms with Crippen molar-refractivity contribution in [3.63, 3.8) is 0 Å². The molecule has 3 amide bonds. The molecule has 0 aliphatic carbocycles. The van der Waals surface area contributed by atoms with Gasteiger partial charge in [0.25, 0.3) is 0 Å². The van der Waals surface area contributed by atoms with Gasteiger partial charge in [0.15, 0.2) is 0 Å². The van der Waals surface area contributed by atoms with Gasteiger partial charge in [-0.1, -0.05) is 36.4 Å². The van der Waals surface area contributed by atoms with Gasteiger partial charge in [-0.05, 0) is 30.7 Å². The van der Waals surface area contributed by atoms with E-state index >= 15 is 0 Å². The number of rotatable bonds is 5. The van der Waals surface area contributed by atoms with Crippen LogP contribution in [0.4, 0.5) is 11.4 Å². The summed E-state index contributed by atoms with van der Waals surface area (Å²) in [5, 5.41) is 2.25. The van der Waals surface area contributed by atoms with Gasteiger partial charge in [0.05, 0.1) is 16.7 Å². The van der Waals surface area contributed by atoms with Crippen molar-refractivity contribution in [3.05, 3.63) is 60.2 Å². The lowest BCUT2D eigenvalue weighted by Gasteiger charge is -2.17. The van der Waals surface area contributed by atoms with E-state index in [1.54, 1.807) is 24.3 Å². The number of amides is 3. The fraction of sp³-hybridized carbons (Fsp3) is 0.211. The smallest absolute Gasteiger partial charge is 0.247 e. The van der Waals surface area contributed by atoms with E-state index in [2.05, 4.69) is 5.32 Å². The molecule has 3 rings (SSSR count). The van der Waals surface area contributed by atoms with Gasteiger partial charge < -0.3 is 5.32 Å². The van der Waals surface area contributed by atoms with Crippen molar-refractivity contribution in [1.82, 2.24) is 0 Å². The molecule has 1 heterocycles. The van der Waals surface area contributed by atoms with Crippen LogP contribution in [0.25, 0.3) is 0 Å². The van der Waals surface area contributed by atoms with Crippen molar-refractivity contribution in [2.45, 2.75) is 18.6 Å². The standard InChI is InChI=1S/C19H18N2O3S/c1-13-7-5-6-10-15(13)21-18(23)11-16(19(21)24)25-12-17(22)20-14-8-3-2-4-9-14/h2-10,16H,11-12H2,1H3,(H,20,22). The first kappa shape index (κ1) is 17.2. The summed E-state index contributed by atoms with van der Waals surface area (Å²) in [5.74, 6) is -0.539. The second-order valence-corrected chi connectivity index (χ2v) is 6.96. The maximum atomic E-state index is 12.6. The highest BCUT2D eigenvalue weighted by atomic mass is 32.2. The van der Waals surface area contributed by atoms with E-state index in [9.17, 15) is 14.4 Å². The molecule has 6 heteroatoms. The molecule has 1 atom stereocenters. The van der Waals surface area contributed by atoms with Gasteiger partial charge in [0.2, 0.25) is 17.7 Å². The zero-order valence-corrected chi connectivity index (χ0v) is 14.6. The van der Waals surface area contributed by atoms with Crippen molar-refractivity contribution in [3.8, 4) is 0 Å². The molecule has 1 fully saturated rings. The molecule has 2 aromatic rings. The van der Waals surface area contributed by atoms with Crippen molar-refractivity contribution >= 4 is 40.9 Å². The molecule has 0 saturated carbocycles. The van der Waals surface area contributed by atoms with Crippen molar-refractivity contribution in [1.29, 1.82) is 0 Å². The predicted octanol–water partition coefficient (Wildman–Crippen LogP) is 3.00. The van der Waals surface area contributed by atoms with Crippen LogP contribution < -0.4 is 10.2 Å². The van der Waals surface area contributed by atoms with Gasteiger partial charge in [0.1, 0.15) is 0 Å². The molecule has 1 aliphatic rings. The van der Waals surface area contributed by atoms with E-state index in [-0.39, 0.29) is 29.9 Å². The minimum Gasteiger partial charge on any atom is -0.325 e. The molecular weight excluding hydrogens is 336 g/mol. The normalized spacial score (nSPS) is 17.0. The molecule has 1 unspecified atom stereocenters. The highest BCUT2D eigenvalue weighted by Crippen LogP contribution is 2.31. The number of nitrogens with zero attached hydrogens (tertiary/aromatic N) is 1. The van der Waals surface area contributed by atoms with Crippen LogP contribution in [-0.4, -0.2) is 28.7 Å².